The van der Waals surface area contributed by atoms with Gasteiger partial charge >= 0.3 is 0 Å². The number of amides is 1. The van der Waals surface area contributed by atoms with Crippen molar-refractivity contribution in [1.29, 1.82) is 0 Å². The van der Waals surface area contributed by atoms with E-state index in [0.717, 1.165) is 0 Å². The molecule has 0 bridgehead atoms. The van der Waals surface area contributed by atoms with Gasteiger partial charge in [0.15, 0.2) is 0 Å². The van der Waals surface area contributed by atoms with E-state index in [4.69, 9.17) is 0 Å². The smallest absolute Gasteiger partial charge is 0.242 e. The van der Waals surface area contributed by atoms with Crippen LogP contribution in [0.1, 0.15) is 6.92 Å². The molecule has 0 aromatic carbocycles. The zero-order chi connectivity index (χ0) is 6.41. The summed E-state index contributed by atoms with van der Waals surface area (Å²) in [5.74, 6) is 2.42. The van der Waals surface area contributed by atoms with Crippen molar-refractivity contribution in [3.8, 4) is 12.0 Å². The van der Waals surface area contributed by atoms with E-state index in [2.05, 4.69) is 33.2 Å². The Balaban J connectivity index is 3.35. The van der Waals surface area contributed by atoms with Crippen LogP contribution in [0.25, 0.3) is 0 Å². The van der Waals surface area contributed by atoms with Crippen LogP contribution in [-0.4, -0.2) is 11.2 Å². The summed E-state index contributed by atoms with van der Waals surface area (Å²) in [7, 11) is 0. The second-order valence-corrected chi connectivity index (χ2v) is 1.62. The fourth-order valence-electron chi connectivity index (χ4n) is 0.166. The van der Waals surface area contributed by atoms with Gasteiger partial charge in [-0.15, -0.1) is 0 Å². The summed E-state index contributed by atoms with van der Waals surface area (Å²) < 4.78 is 0. The SMILES string of the molecule is CC#CNC(=O)CBr. The van der Waals surface area contributed by atoms with Crippen LogP contribution in [0.3, 0.4) is 0 Å². The third-order valence-corrected chi connectivity index (χ3v) is 0.958. The molecule has 0 aliphatic heterocycles. The van der Waals surface area contributed by atoms with Crippen LogP contribution >= 0.6 is 15.9 Å². The highest BCUT2D eigenvalue weighted by molar-refractivity contribution is 9.09. The molecule has 0 unspecified atom stereocenters. The van der Waals surface area contributed by atoms with E-state index >= 15 is 0 Å². The Morgan fingerprint density at radius 1 is 1.88 bits per heavy atom. The number of alkyl halides is 1. The molecule has 0 rings (SSSR count). The highest BCUT2D eigenvalue weighted by Gasteiger charge is 1.89. The van der Waals surface area contributed by atoms with Gasteiger partial charge in [-0.05, 0) is 6.92 Å². The number of rotatable bonds is 1. The molecule has 3 heteroatoms. The van der Waals surface area contributed by atoms with Gasteiger partial charge in [0, 0.05) is 6.04 Å². The van der Waals surface area contributed by atoms with Crippen LogP contribution in [0.15, 0.2) is 0 Å². The summed E-state index contributed by atoms with van der Waals surface area (Å²) in [5.41, 5.74) is 0. The summed E-state index contributed by atoms with van der Waals surface area (Å²) >= 11 is 2.97. The minimum atomic E-state index is -0.112. The molecular formula is C5H6BrNO. The third-order valence-electron chi connectivity index (χ3n) is 0.448. The fraction of sp³-hybridized carbons (Fsp3) is 0.400. The van der Waals surface area contributed by atoms with Crippen molar-refractivity contribution >= 4 is 21.8 Å². The van der Waals surface area contributed by atoms with Gasteiger partial charge < -0.3 is 0 Å². The van der Waals surface area contributed by atoms with Crippen molar-refractivity contribution in [2.75, 3.05) is 5.33 Å². The van der Waals surface area contributed by atoms with Crippen molar-refractivity contribution in [1.82, 2.24) is 5.32 Å². The Kier molecular flexibility index (Phi) is 4.38. The molecule has 0 heterocycles. The highest BCUT2D eigenvalue weighted by atomic mass is 79.9. The molecule has 0 aliphatic carbocycles. The maximum atomic E-state index is 10.3. The second kappa shape index (κ2) is 4.66. The van der Waals surface area contributed by atoms with Crippen LogP contribution < -0.4 is 5.32 Å². The molecule has 0 saturated heterocycles. The summed E-state index contributed by atoms with van der Waals surface area (Å²) in [4.78, 5) is 10.3. The Morgan fingerprint density at radius 2 is 2.50 bits per heavy atom. The van der Waals surface area contributed by atoms with E-state index in [1.54, 1.807) is 6.92 Å². The number of hydrogen-bond acceptors (Lipinski definition) is 1. The standard InChI is InChI=1S/C5H6BrNO/c1-2-3-7-5(8)4-6/h4H2,1H3,(H,7,8). The van der Waals surface area contributed by atoms with Crippen LogP contribution in [-0.2, 0) is 4.79 Å². The molecule has 44 valence electrons. The normalized spacial score (nSPS) is 6.75. The molecule has 0 fully saturated rings. The topological polar surface area (TPSA) is 29.1 Å². The van der Waals surface area contributed by atoms with E-state index in [1.165, 1.54) is 0 Å². The maximum absolute atomic E-state index is 10.3. The first kappa shape index (κ1) is 7.51. The first-order valence-corrected chi connectivity index (χ1v) is 3.20. The lowest BCUT2D eigenvalue weighted by atomic mass is 10.7. The Hall–Kier alpha value is -0.490. The van der Waals surface area contributed by atoms with Crippen molar-refractivity contribution in [3.05, 3.63) is 0 Å². The quantitative estimate of drug-likeness (QED) is 0.351. The lowest BCUT2D eigenvalue weighted by Gasteiger charge is -1.86. The van der Waals surface area contributed by atoms with Gasteiger partial charge in [-0.3, -0.25) is 10.1 Å². The third kappa shape index (κ3) is 3.69. The molecule has 1 N–H and O–H groups in total. The molecule has 8 heavy (non-hydrogen) atoms. The number of carbonyl (C=O) groups excluding carboxylic acids is 1. The minimum Gasteiger partial charge on any atom is -0.284 e. The molecule has 0 saturated carbocycles. The average molecular weight is 176 g/mol. The van der Waals surface area contributed by atoms with Gasteiger partial charge in [-0.2, -0.15) is 0 Å². The van der Waals surface area contributed by atoms with Crippen molar-refractivity contribution in [2.24, 2.45) is 0 Å². The van der Waals surface area contributed by atoms with E-state index in [-0.39, 0.29) is 5.91 Å². The summed E-state index contributed by atoms with van der Waals surface area (Å²) in [6, 6.07) is 2.42. The molecule has 0 atom stereocenters. The monoisotopic (exact) mass is 175 g/mol. The maximum Gasteiger partial charge on any atom is 0.242 e. The average Bonchev–Trinajstić information content (AvgIpc) is 1.83. The van der Waals surface area contributed by atoms with Gasteiger partial charge in [0.05, 0.1) is 5.33 Å². The van der Waals surface area contributed by atoms with Crippen molar-refractivity contribution < 1.29 is 4.79 Å². The second-order valence-electron chi connectivity index (χ2n) is 1.06. The largest absolute Gasteiger partial charge is 0.284 e. The van der Waals surface area contributed by atoms with Crippen LogP contribution in [0.4, 0.5) is 0 Å². The Bertz CT molecular complexity index is 133. The number of carbonyl (C=O) groups is 1. The first-order valence-electron chi connectivity index (χ1n) is 2.07. The molecule has 2 nitrogen and oxygen atoms in total. The molecule has 1 amide bonds. The number of halogens is 1. The summed E-state index contributed by atoms with van der Waals surface area (Å²) in [5, 5.41) is 2.64. The predicted octanol–water partition coefficient (Wildman–Crippen LogP) is 0.478. The van der Waals surface area contributed by atoms with Crippen LogP contribution in [0, 0.1) is 12.0 Å². The predicted molar refractivity (Wildman–Crippen MR) is 35.4 cm³/mol. The first-order chi connectivity index (χ1) is 3.81. The Labute approximate surface area is 56.8 Å². The summed E-state index contributed by atoms with van der Waals surface area (Å²) in [6.45, 7) is 1.66. The van der Waals surface area contributed by atoms with Gasteiger partial charge in [-0.25, -0.2) is 0 Å². The van der Waals surface area contributed by atoms with Gasteiger partial charge in [-0.1, -0.05) is 21.9 Å². The molecule has 0 spiro atoms. The van der Waals surface area contributed by atoms with Crippen LogP contribution in [0.2, 0.25) is 0 Å². The molecule has 0 radical (unpaired) electrons. The lowest BCUT2D eigenvalue weighted by molar-refractivity contribution is -0.117. The highest BCUT2D eigenvalue weighted by Crippen LogP contribution is 1.75. The summed E-state index contributed by atoms with van der Waals surface area (Å²) in [6.07, 6.45) is 0. The zero-order valence-corrected chi connectivity index (χ0v) is 6.08. The zero-order valence-electron chi connectivity index (χ0n) is 4.49. The Morgan fingerprint density at radius 3 is 2.88 bits per heavy atom. The van der Waals surface area contributed by atoms with Crippen molar-refractivity contribution in [3.63, 3.8) is 0 Å². The van der Waals surface area contributed by atoms with Crippen LogP contribution in [0.5, 0.6) is 0 Å². The fourth-order valence-corrected chi connectivity index (χ4v) is 0.306. The van der Waals surface area contributed by atoms with E-state index in [1.807, 2.05) is 0 Å². The van der Waals surface area contributed by atoms with Gasteiger partial charge in [0.1, 0.15) is 0 Å². The molecule has 0 aliphatic rings. The lowest BCUT2D eigenvalue weighted by Crippen LogP contribution is -2.17. The molecular weight excluding hydrogens is 170 g/mol. The van der Waals surface area contributed by atoms with E-state index in [9.17, 15) is 4.79 Å². The number of nitrogens with one attached hydrogen (secondary N) is 1. The van der Waals surface area contributed by atoms with E-state index < -0.39 is 0 Å². The molecule has 0 aromatic rings. The van der Waals surface area contributed by atoms with Gasteiger partial charge in [0.25, 0.3) is 0 Å². The minimum absolute atomic E-state index is 0.112. The van der Waals surface area contributed by atoms with E-state index in [0.29, 0.717) is 5.33 Å². The van der Waals surface area contributed by atoms with Gasteiger partial charge in [0.2, 0.25) is 5.91 Å². The molecule has 0 aromatic heterocycles. The van der Waals surface area contributed by atoms with Crippen molar-refractivity contribution in [2.45, 2.75) is 6.92 Å². The number of hydrogen-bond donors (Lipinski definition) is 1.